The highest BCUT2D eigenvalue weighted by Gasteiger charge is 2.21. The van der Waals surface area contributed by atoms with Gasteiger partial charge in [0.2, 0.25) is 0 Å². The fourth-order valence-electron chi connectivity index (χ4n) is 4.24. The number of carbonyl (C=O) groups is 1. The number of aromatic amines is 1. The fourth-order valence-corrected chi connectivity index (χ4v) is 4.24. The van der Waals surface area contributed by atoms with E-state index < -0.39 is 0 Å². The number of nitrogens with one attached hydrogen (secondary N) is 2. The first-order chi connectivity index (χ1) is 16.0. The number of piperidine rings is 1. The number of hydrogen-bond donors (Lipinski definition) is 2. The Morgan fingerprint density at radius 1 is 1.21 bits per heavy atom. The quantitative estimate of drug-likeness (QED) is 0.517. The Labute approximate surface area is 194 Å². The molecular weight excluding hydrogens is 418 g/mol. The van der Waals surface area contributed by atoms with Crippen molar-refractivity contribution in [2.45, 2.75) is 32.8 Å². The summed E-state index contributed by atoms with van der Waals surface area (Å²) >= 11 is 0. The minimum absolute atomic E-state index is 0.0753. The molecule has 1 amide bonds. The molecule has 1 aliphatic rings. The Bertz CT molecular complexity index is 1070. The van der Waals surface area contributed by atoms with Crippen molar-refractivity contribution in [3.8, 4) is 16.9 Å². The number of benzene rings is 1. The number of rotatable bonds is 9. The van der Waals surface area contributed by atoms with Crippen molar-refractivity contribution in [1.82, 2.24) is 25.4 Å². The molecule has 3 heterocycles. The number of likely N-dealkylation sites (tertiary alicyclic amines) is 1. The summed E-state index contributed by atoms with van der Waals surface area (Å²) in [5, 5.41) is 11.2. The van der Waals surface area contributed by atoms with Crippen LogP contribution in [0.3, 0.4) is 0 Å². The standard InChI is InChI=1S/C25H33N5O3/c1-17(2)33-21-12-20(15-26-16-21)19-4-5-23-22(13-19)24(29-28-23)25(31)27-14-18-6-8-30(9-7-18)10-11-32-3/h4-5,12-13,15-18H,6-11,14H2,1-3H3,(H,27,31)(H,28,29). The number of fused-ring (bicyclic) bond motifs is 1. The third-order valence-corrected chi connectivity index (χ3v) is 6.07. The van der Waals surface area contributed by atoms with Crippen molar-refractivity contribution >= 4 is 16.8 Å². The van der Waals surface area contributed by atoms with Gasteiger partial charge in [0.15, 0.2) is 5.69 Å². The molecule has 2 N–H and O–H groups in total. The van der Waals surface area contributed by atoms with Gasteiger partial charge in [0.1, 0.15) is 5.75 Å². The molecule has 8 nitrogen and oxygen atoms in total. The van der Waals surface area contributed by atoms with Gasteiger partial charge < -0.3 is 19.7 Å². The maximum Gasteiger partial charge on any atom is 0.272 e. The minimum Gasteiger partial charge on any atom is -0.489 e. The number of ether oxygens (including phenoxy) is 2. The van der Waals surface area contributed by atoms with Gasteiger partial charge >= 0.3 is 0 Å². The fraction of sp³-hybridized carbons (Fsp3) is 0.480. The van der Waals surface area contributed by atoms with Crippen molar-refractivity contribution in [3.63, 3.8) is 0 Å². The lowest BCUT2D eigenvalue weighted by Crippen LogP contribution is -2.39. The molecule has 1 fully saturated rings. The second-order valence-electron chi connectivity index (χ2n) is 8.90. The summed E-state index contributed by atoms with van der Waals surface area (Å²) in [5.41, 5.74) is 3.15. The summed E-state index contributed by atoms with van der Waals surface area (Å²) in [6.45, 7) is 8.47. The predicted octanol–water partition coefficient (Wildman–Crippen LogP) is 3.50. The largest absolute Gasteiger partial charge is 0.489 e. The van der Waals surface area contributed by atoms with E-state index in [1.165, 1.54) is 0 Å². The van der Waals surface area contributed by atoms with Gasteiger partial charge in [0.25, 0.3) is 5.91 Å². The molecule has 4 rings (SSSR count). The monoisotopic (exact) mass is 451 g/mol. The van der Waals surface area contributed by atoms with Crippen LogP contribution in [-0.2, 0) is 4.74 Å². The Kier molecular flexibility index (Phi) is 7.57. The van der Waals surface area contributed by atoms with Gasteiger partial charge in [-0.2, -0.15) is 5.10 Å². The molecule has 1 aromatic carbocycles. The van der Waals surface area contributed by atoms with E-state index in [0.717, 1.165) is 66.9 Å². The smallest absolute Gasteiger partial charge is 0.272 e. The van der Waals surface area contributed by atoms with Crippen LogP contribution in [0.25, 0.3) is 22.0 Å². The van der Waals surface area contributed by atoms with Crippen LogP contribution >= 0.6 is 0 Å². The SMILES string of the molecule is COCCN1CCC(CNC(=O)c2n[nH]c3ccc(-c4cncc(OC(C)C)c4)cc23)CC1. The second kappa shape index (κ2) is 10.8. The van der Waals surface area contributed by atoms with Gasteiger partial charge in [0, 0.05) is 37.3 Å². The maximum atomic E-state index is 12.9. The number of amides is 1. The van der Waals surface area contributed by atoms with Crippen LogP contribution in [-0.4, -0.2) is 72.0 Å². The van der Waals surface area contributed by atoms with Crippen LogP contribution in [0.15, 0.2) is 36.7 Å². The summed E-state index contributed by atoms with van der Waals surface area (Å²) in [5.74, 6) is 1.07. The predicted molar refractivity (Wildman–Crippen MR) is 128 cm³/mol. The maximum absolute atomic E-state index is 12.9. The second-order valence-corrected chi connectivity index (χ2v) is 8.90. The summed E-state index contributed by atoms with van der Waals surface area (Å²) in [6, 6.07) is 7.89. The van der Waals surface area contributed by atoms with Gasteiger partial charge in [-0.3, -0.25) is 14.9 Å². The minimum atomic E-state index is -0.143. The lowest BCUT2D eigenvalue weighted by Gasteiger charge is -2.31. The van der Waals surface area contributed by atoms with E-state index in [1.54, 1.807) is 19.5 Å². The zero-order valence-electron chi connectivity index (χ0n) is 19.6. The average molecular weight is 452 g/mol. The molecule has 0 unspecified atom stereocenters. The van der Waals surface area contributed by atoms with Gasteiger partial charge in [-0.15, -0.1) is 0 Å². The van der Waals surface area contributed by atoms with Gasteiger partial charge in [-0.25, -0.2) is 0 Å². The van der Waals surface area contributed by atoms with Crippen molar-refractivity contribution in [3.05, 3.63) is 42.4 Å². The number of aromatic nitrogens is 3. The van der Waals surface area contributed by atoms with Crippen LogP contribution in [0, 0.1) is 5.92 Å². The van der Waals surface area contributed by atoms with Gasteiger partial charge in [-0.05, 0) is 69.5 Å². The lowest BCUT2D eigenvalue weighted by atomic mass is 9.96. The molecule has 2 aromatic heterocycles. The first kappa shape index (κ1) is 23.2. The number of carbonyl (C=O) groups excluding carboxylic acids is 1. The van der Waals surface area contributed by atoms with Crippen LogP contribution in [0.2, 0.25) is 0 Å². The number of methoxy groups -OCH3 is 1. The molecule has 0 radical (unpaired) electrons. The highest BCUT2D eigenvalue weighted by atomic mass is 16.5. The Balaban J connectivity index is 1.42. The van der Waals surface area contributed by atoms with Crippen LogP contribution in [0.5, 0.6) is 5.75 Å². The molecule has 1 aliphatic heterocycles. The number of H-pyrrole nitrogens is 1. The molecule has 0 aliphatic carbocycles. The van der Waals surface area contributed by atoms with Crippen LogP contribution in [0.1, 0.15) is 37.2 Å². The zero-order valence-corrected chi connectivity index (χ0v) is 19.6. The summed E-state index contributed by atoms with van der Waals surface area (Å²) in [7, 11) is 1.74. The lowest BCUT2D eigenvalue weighted by molar-refractivity contribution is 0.0922. The summed E-state index contributed by atoms with van der Waals surface area (Å²) in [4.78, 5) is 19.7. The molecule has 33 heavy (non-hydrogen) atoms. The normalized spacial score (nSPS) is 15.3. The highest BCUT2D eigenvalue weighted by Crippen LogP contribution is 2.27. The topological polar surface area (TPSA) is 92.4 Å². The van der Waals surface area contributed by atoms with Crippen molar-refractivity contribution < 1.29 is 14.3 Å². The van der Waals surface area contributed by atoms with Gasteiger partial charge in [-0.1, -0.05) is 6.07 Å². The van der Waals surface area contributed by atoms with Crippen molar-refractivity contribution in [1.29, 1.82) is 0 Å². The number of pyridine rings is 1. The third-order valence-electron chi connectivity index (χ3n) is 6.07. The van der Waals surface area contributed by atoms with Crippen LogP contribution < -0.4 is 10.1 Å². The average Bonchev–Trinajstić information content (AvgIpc) is 3.25. The number of hydrogen-bond acceptors (Lipinski definition) is 6. The van der Waals surface area contributed by atoms with Gasteiger partial charge in [0.05, 0.1) is 24.4 Å². The van der Waals surface area contributed by atoms with E-state index in [-0.39, 0.29) is 12.0 Å². The van der Waals surface area contributed by atoms with Crippen molar-refractivity contribution in [2.75, 3.05) is 39.9 Å². The van der Waals surface area contributed by atoms with E-state index in [9.17, 15) is 4.79 Å². The highest BCUT2D eigenvalue weighted by molar-refractivity contribution is 6.05. The van der Waals surface area contributed by atoms with E-state index in [0.29, 0.717) is 18.2 Å². The Hall–Kier alpha value is -2.97. The Morgan fingerprint density at radius 2 is 2.03 bits per heavy atom. The van der Waals surface area contributed by atoms with E-state index in [2.05, 4.69) is 25.4 Å². The zero-order chi connectivity index (χ0) is 23.2. The van der Waals surface area contributed by atoms with Crippen LogP contribution in [0.4, 0.5) is 0 Å². The summed E-state index contributed by atoms with van der Waals surface area (Å²) < 4.78 is 10.9. The Morgan fingerprint density at radius 3 is 2.79 bits per heavy atom. The summed E-state index contributed by atoms with van der Waals surface area (Å²) in [6.07, 6.45) is 5.74. The molecule has 0 spiro atoms. The number of nitrogens with zero attached hydrogens (tertiary/aromatic N) is 3. The molecule has 0 atom stereocenters. The van der Waals surface area contributed by atoms with Crippen molar-refractivity contribution in [2.24, 2.45) is 5.92 Å². The first-order valence-corrected chi connectivity index (χ1v) is 11.6. The molecule has 1 saturated heterocycles. The first-order valence-electron chi connectivity index (χ1n) is 11.6. The molecule has 0 saturated carbocycles. The molecule has 0 bridgehead atoms. The van der Waals surface area contributed by atoms with E-state index in [4.69, 9.17) is 9.47 Å². The molecule has 176 valence electrons. The molecular formula is C25H33N5O3. The third kappa shape index (κ3) is 5.89. The van der Waals surface area contributed by atoms with E-state index in [1.807, 2.05) is 38.1 Å². The molecule has 8 heteroatoms. The molecule has 3 aromatic rings. The van der Waals surface area contributed by atoms with E-state index >= 15 is 0 Å².